The van der Waals surface area contributed by atoms with Crippen molar-refractivity contribution in [3.05, 3.63) is 22.3 Å². The normalized spacial score (nSPS) is 15.9. The standard InChI is InChI=1S/C11H13Cl2N3O2/c12-8-5-9(13)11(14-6-8)16-3-1-15(2-4-16)10(18)7-17/h5-6,17H,1-4,7H2. The number of rotatable bonds is 2. The van der Waals surface area contributed by atoms with Crippen LogP contribution in [0.3, 0.4) is 0 Å². The molecule has 2 rings (SSSR count). The van der Waals surface area contributed by atoms with Crippen molar-refractivity contribution in [3.63, 3.8) is 0 Å². The average Bonchev–Trinajstić information content (AvgIpc) is 2.38. The van der Waals surface area contributed by atoms with Gasteiger partial charge in [-0.05, 0) is 6.07 Å². The van der Waals surface area contributed by atoms with Crippen molar-refractivity contribution >= 4 is 34.9 Å². The highest BCUT2D eigenvalue weighted by Gasteiger charge is 2.22. The largest absolute Gasteiger partial charge is 0.387 e. The van der Waals surface area contributed by atoms with Crippen LogP contribution in [0.15, 0.2) is 12.3 Å². The molecular formula is C11H13Cl2N3O2. The average molecular weight is 290 g/mol. The SMILES string of the molecule is O=C(CO)N1CCN(c2ncc(Cl)cc2Cl)CC1. The van der Waals surface area contributed by atoms with E-state index in [2.05, 4.69) is 4.98 Å². The van der Waals surface area contributed by atoms with Gasteiger partial charge < -0.3 is 14.9 Å². The first-order valence-electron chi connectivity index (χ1n) is 5.56. The number of carbonyl (C=O) groups is 1. The predicted molar refractivity (Wildman–Crippen MR) is 70.1 cm³/mol. The summed E-state index contributed by atoms with van der Waals surface area (Å²) >= 11 is 11.9. The lowest BCUT2D eigenvalue weighted by Crippen LogP contribution is -2.49. The monoisotopic (exact) mass is 289 g/mol. The summed E-state index contributed by atoms with van der Waals surface area (Å²) in [5.74, 6) is 0.432. The molecule has 0 atom stereocenters. The molecule has 1 aliphatic heterocycles. The van der Waals surface area contributed by atoms with Crippen molar-refractivity contribution in [2.45, 2.75) is 0 Å². The molecule has 0 radical (unpaired) electrons. The number of aliphatic hydroxyl groups excluding tert-OH is 1. The summed E-state index contributed by atoms with van der Waals surface area (Å²) in [5, 5.41) is 9.79. The molecule has 0 unspecified atom stereocenters. The van der Waals surface area contributed by atoms with Crippen molar-refractivity contribution in [2.24, 2.45) is 0 Å². The Morgan fingerprint density at radius 3 is 2.56 bits per heavy atom. The van der Waals surface area contributed by atoms with Gasteiger partial charge in [0.05, 0.1) is 10.0 Å². The summed E-state index contributed by atoms with van der Waals surface area (Å²) < 4.78 is 0. The van der Waals surface area contributed by atoms with Crippen LogP contribution in [-0.2, 0) is 4.79 Å². The van der Waals surface area contributed by atoms with Gasteiger partial charge in [-0.25, -0.2) is 4.98 Å². The second-order valence-corrected chi connectivity index (χ2v) is 4.83. The minimum atomic E-state index is -0.444. The quantitative estimate of drug-likeness (QED) is 0.884. The van der Waals surface area contributed by atoms with Crippen LogP contribution in [0, 0.1) is 0 Å². The molecule has 0 aliphatic carbocycles. The molecule has 1 aromatic heterocycles. The third-order valence-corrected chi connectivity index (χ3v) is 3.34. The first-order chi connectivity index (χ1) is 8.61. The van der Waals surface area contributed by atoms with Gasteiger partial charge in [0.1, 0.15) is 12.4 Å². The fraction of sp³-hybridized carbons (Fsp3) is 0.455. The number of nitrogens with zero attached hydrogens (tertiary/aromatic N) is 3. The minimum Gasteiger partial charge on any atom is -0.387 e. The smallest absolute Gasteiger partial charge is 0.248 e. The Hall–Kier alpha value is -1.04. The summed E-state index contributed by atoms with van der Waals surface area (Å²) in [7, 11) is 0. The molecule has 0 spiro atoms. The van der Waals surface area contributed by atoms with Crippen LogP contribution in [-0.4, -0.2) is 53.7 Å². The molecular weight excluding hydrogens is 277 g/mol. The second-order valence-electron chi connectivity index (χ2n) is 3.98. The zero-order valence-electron chi connectivity index (χ0n) is 9.64. The molecule has 1 saturated heterocycles. The Morgan fingerprint density at radius 2 is 2.00 bits per heavy atom. The van der Waals surface area contributed by atoms with Gasteiger partial charge in [-0.15, -0.1) is 0 Å². The number of carbonyl (C=O) groups excluding carboxylic acids is 1. The van der Waals surface area contributed by atoms with E-state index in [1.807, 2.05) is 4.90 Å². The molecule has 7 heteroatoms. The number of hydrogen-bond donors (Lipinski definition) is 1. The van der Waals surface area contributed by atoms with Crippen LogP contribution in [0.2, 0.25) is 10.0 Å². The van der Waals surface area contributed by atoms with E-state index in [1.165, 1.54) is 0 Å². The topological polar surface area (TPSA) is 56.7 Å². The molecule has 1 N–H and O–H groups in total. The van der Waals surface area contributed by atoms with E-state index < -0.39 is 6.61 Å². The van der Waals surface area contributed by atoms with Gasteiger partial charge in [0.2, 0.25) is 5.91 Å². The van der Waals surface area contributed by atoms with E-state index in [1.54, 1.807) is 17.2 Å². The maximum absolute atomic E-state index is 11.3. The highest BCUT2D eigenvalue weighted by molar-refractivity contribution is 6.36. The lowest BCUT2D eigenvalue weighted by molar-refractivity contribution is -0.134. The van der Waals surface area contributed by atoms with E-state index in [4.69, 9.17) is 28.3 Å². The zero-order valence-corrected chi connectivity index (χ0v) is 11.2. The van der Waals surface area contributed by atoms with E-state index in [-0.39, 0.29) is 5.91 Å². The summed E-state index contributed by atoms with van der Waals surface area (Å²) in [5.41, 5.74) is 0. The molecule has 1 aromatic rings. The summed E-state index contributed by atoms with van der Waals surface area (Å²) in [4.78, 5) is 19.1. The number of pyridine rings is 1. The Bertz CT molecular complexity index is 448. The van der Waals surface area contributed by atoms with Gasteiger partial charge >= 0.3 is 0 Å². The van der Waals surface area contributed by atoms with Crippen LogP contribution in [0.4, 0.5) is 5.82 Å². The van der Waals surface area contributed by atoms with Crippen molar-refractivity contribution in [2.75, 3.05) is 37.7 Å². The van der Waals surface area contributed by atoms with E-state index in [0.717, 1.165) is 0 Å². The molecule has 98 valence electrons. The van der Waals surface area contributed by atoms with Gasteiger partial charge in [0.15, 0.2) is 0 Å². The first-order valence-corrected chi connectivity index (χ1v) is 6.32. The molecule has 1 amide bonds. The summed E-state index contributed by atoms with van der Waals surface area (Å²) in [6, 6.07) is 1.65. The van der Waals surface area contributed by atoms with Gasteiger partial charge in [-0.3, -0.25) is 4.79 Å². The van der Waals surface area contributed by atoms with Crippen LogP contribution in [0.25, 0.3) is 0 Å². The number of amides is 1. The molecule has 0 bridgehead atoms. The van der Waals surface area contributed by atoms with Crippen LogP contribution in [0.1, 0.15) is 0 Å². The number of hydrogen-bond acceptors (Lipinski definition) is 4. The molecule has 1 aliphatic rings. The Kier molecular flexibility index (Phi) is 4.27. The highest BCUT2D eigenvalue weighted by Crippen LogP contribution is 2.26. The second kappa shape index (κ2) is 5.73. The molecule has 0 saturated carbocycles. The molecule has 0 aromatic carbocycles. The highest BCUT2D eigenvalue weighted by atomic mass is 35.5. The maximum atomic E-state index is 11.3. The number of piperazine rings is 1. The van der Waals surface area contributed by atoms with Crippen molar-refractivity contribution in [1.29, 1.82) is 0 Å². The van der Waals surface area contributed by atoms with Crippen LogP contribution in [0.5, 0.6) is 0 Å². The third-order valence-electron chi connectivity index (χ3n) is 2.86. The third kappa shape index (κ3) is 2.85. The van der Waals surface area contributed by atoms with Crippen LogP contribution >= 0.6 is 23.2 Å². The van der Waals surface area contributed by atoms with Crippen molar-refractivity contribution in [3.8, 4) is 0 Å². The lowest BCUT2D eigenvalue weighted by Gasteiger charge is -2.35. The van der Waals surface area contributed by atoms with Gasteiger partial charge in [-0.2, -0.15) is 0 Å². The Morgan fingerprint density at radius 1 is 1.33 bits per heavy atom. The van der Waals surface area contributed by atoms with Crippen molar-refractivity contribution < 1.29 is 9.90 Å². The lowest BCUT2D eigenvalue weighted by atomic mass is 10.3. The first kappa shape index (κ1) is 13.4. The number of halogens is 2. The maximum Gasteiger partial charge on any atom is 0.248 e. The predicted octanol–water partition coefficient (Wildman–Crippen LogP) is 1.03. The van der Waals surface area contributed by atoms with E-state index in [9.17, 15) is 4.79 Å². The minimum absolute atomic E-state index is 0.246. The molecule has 5 nitrogen and oxygen atoms in total. The van der Waals surface area contributed by atoms with Gasteiger partial charge in [-0.1, -0.05) is 23.2 Å². The van der Waals surface area contributed by atoms with Crippen molar-refractivity contribution in [1.82, 2.24) is 9.88 Å². The van der Waals surface area contributed by atoms with Gasteiger partial charge in [0, 0.05) is 32.4 Å². The number of aromatic nitrogens is 1. The fourth-order valence-corrected chi connectivity index (χ4v) is 2.41. The number of aliphatic hydroxyl groups is 1. The van der Waals surface area contributed by atoms with E-state index in [0.29, 0.717) is 42.0 Å². The zero-order chi connectivity index (χ0) is 13.1. The van der Waals surface area contributed by atoms with E-state index >= 15 is 0 Å². The Balaban J connectivity index is 2.03. The molecule has 1 fully saturated rings. The summed E-state index contributed by atoms with van der Waals surface area (Å²) in [6.45, 7) is 1.94. The van der Waals surface area contributed by atoms with Gasteiger partial charge in [0.25, 0.3) is 0 Å². The number of anilines is 1. The summed E-state index contributed by atoms with van der Waals surface area (Å²) in [6.07, 6.45) is 1.55. The van der Waals surface area contributed by atoms with Crippen LogP contribution < -0.4 is 4.90 Å². The molecule has 2 heterocycles. The fourth-order valence-electron chi connectivity index (χ4n) is 1.91. The molecule has 18 heavy (non-hydrogen) atoms. The Labute approximate surface area is 115 Å².